The maximum Gasteiger partial charge on any atom is 0.211 e. The molecule has 9 heteroatoms. The van der Waals surface area contributed by atoms with Crippen molar-refractivity contribution in [3.8, 4) is 5.75 Å². The fraction of sp³-hybridized carbons (Fsp3) is 0.333. The van der Waals surface area contributed by atoms with Crippen LogP contribution < -0.4 is 9.46 Å². The second kappa shape index (κ2) is 7.64. The third-order valence-electron chi connectivity index (χ3n) is 3.49. The number of sulfonamides is 1. The van der Waals surface area contributed by atoms with Gasteiger partial charge in [-0.15, -0.1) is 11.3 Å². The average molecular weight is 390 g/mol. The summed E-state index contributed by atoms with van der Waals surface area (Å²) in [6.45, 7) is 1.30. The molecule has 1 unspecified atom stereocenters. The van der Waals surface area contributed by atoms with Gasteiger partial charge in [0.1, 0.15) is 11.0 Å². The number of methoxy groups -OCH3 is 1. The average Bonchev–Trinajstić information content (AvgIpc) is 3.09. The molecule has 0 amide bonds. The Morgan fingerprint density at radius 3 is 2.29 bits per heavy atom. The molecule has 0 bridgehead atoms. The van der Waals surface area contributed by atoms with Crippen LogP contribution in [-0.2, 0) is 19.9 Å². The van der Waals surface area contributed by atoms with Crippen molar-refractivity contribution in [1.29, 1.82) is 0 Å². The number of hydrogen-bond acceptors (Lipinski definition) is 6. The summed E-state index contributed by atoms with van der Waals surface area (Å²) in [5, 5.41) is 0.785. The van der Waals surface area contributed by atoms with Crippen LogP contribution in [0.25, 0.3) is 0 Å². The molecule has 0 saturated carbocycles. The predicted molar refractivity (Wildman–Crippen MR) is 94.7 cm³/mol. The Hall–Kier alpha value is -1.42. The zero-order chi connectivity index (χ0) is 17.8. The second-order valence-electron chi connectivity index (χ2n) is 4.98. The van der Waals surface area contributed by atoms with Gasteiger partial charge in [-0.2, -0.15) is 0 Å². The first-order valence-corrected chi connectivity index (χ1v) is 11.3. The van der Waals surface area contributed by atoms with Crippen molar-refractivity contribution < 1.29 is 21.6 Å². The second-order valence-corrected chi connectivity index (χ2v) is 10.2. The van der Waals surface area contributed by atoms with Crippen LogP contribution in [0.5, 0.6) is 5.75 Å². The first-order chi connectivity index (χ1) is 11.3. The van der Waals surface area contributed by atoms with Gasteiger partial charge in [0.05, 0.1) is 17.8 Å². The third kappa shape index (κ3) is 4.35. The van der Waals surface area contributed by atoms with Gasteiger partial charge in [0, 0.05) is 11.4 Å². The zero-order valence-corrected chi connectivity index (χ0v) is 15.7. The smallest absolute Gasteiger partial charge is 0.211 e. The van der Waals surface area contributed by atoms with Crippen LogP contribution in [0.4, 0.5) is 0 Å². The van der Waals surface area contributed by atoms with E-state index in [1.54, 1.807) is 29.6 Å². The Bertz CT molecular complexity index is 856. The molecular formula is C15H19NO5S3. The van der Waals surface area contributed by atoms with Crippen molar-refractivity contribution in [1.82, 2.24) is 4.72 Å². The lowest BCUT2D eigenvalue weighted by atomic mass is 10.3. The van der Waals surface area contributed by atoms with E-state index in [0.717, 1.165) is 0 Å². The lowest BCUT2D eigenvalue weighted by molar-refractivity contribution is 0.414. The molecule has 1 aromatic carbocycles. The van der Waals surface area contributed by atoms with E-state index in [4.69, 9.17) is 4.74 Å². The van der Waals surface area contributed by atoms with Crippen molar-refractivity contribution in [2.45, 2.75) is 17.1 Å². The van der Waals surface area contributed by atoms with Gasteiger partial charge in [-0.25, -0.2) is 21.6 Å². The summed E-state index contributed by atoms with van der Waals surface area (Å²) >= 11 is 1.28. The molecule has 2 rings (SSSR count). The molecule has 1 atom stereocenters. The summed E-state index contributed by atoms with van der Waals surface area (Å²) in [4.78, 5) is 0.710. The molecule has 2 aromatic rings. The van der Waals surface area contributed by atoms with Gasteiger partial charge in [0.25, 0.3) is 0 Å². The van der Waals surface area contributed by atoms with E-state index in [0.29, 0.717) is 10.6 Å². The number of benzene rings is 1. The minimum Gasteiger partial charge on any atom is -0.497 e. The fourth-order valence-electron chi connectivity index (χ4n) is 2.07. The van der Waals surface area contributed by atoms with Crippen LogP contribution in [0.1, 0.15) is 17.1 Å². The molecule has 0 fully saturated rings. The van der Waals surface area contributed by atoms with E-state index >= 15 is 0 Å². The minimum absolute atomic E-state index is 0.104. The minimum atomic E-state index is -3.75. The first kappa shape index (κ1) is 18.9. The van der Waals surface area contributed by atoms with Crippen LogP contribution in [0.15, 0.2) is 46.7 Å². The van der Waals surface area contributed by atoms with Crippen molar-refractivity contribution in [2.75, 3.05) is 19.4 Å². The Labute approximate surface area is 146 Å². The molecule has 0 saturated heterocycles. The molecule has 0 aliphatic rings. The highest BCUT2D eigenvalue weighted by atomic mass is 32.2. The van der Waals surface area contributed by atoms with Gasteiger partial charge in [0.2, 0.25) is 10.0 Å². The molecule has 0 spiro atoms. The first-order valence-electron chi connectivity index (χ1n) is 7.19. The molecule has 1 N–H and O–H groups in total. The Balaban J connectivity index is 2.37. The number of hydrogen-bond donors (Lipinski definition) is 1. The van der Waals surface area contributed by atoms with Gasteiger partial charge < -0.3 is 4.74 Å². The predicted octanol–water partition coefficient (Wildman–Crippen LogP) is 2.21. The van der Waals surface area contributed by atoms with Crippen LogP contribution >= 0.6 is 11.3 Å². The lowest BCUT2D eigenvalue weighted by Crippen LogP contribution is -2.32. The monoisotopic (exact) mass is 389 g/mol. The zero-order valence-electron chi connectivity index (χ0n) is 13.3. The van der Waals surface area contributed by atoms with Crippen LogP contribution in [0.2, 0.25) is 0 Å². The molecule has 0 aliphatic carbocycles. The summed E-state index contributed by atoms with van der Waals surface area (Å²) in [6, 6.07) is 9.48. The van der Waals surface area contributed by atoms with E-state index < -0.39 is 25.1 Å². The molecule has 6 nitrogen and oxygen atoms in total. The van der Waals surface area contributed by atoms with Crippen molar-refractivity contribution in [3.63, 3.8) is 0 Å². The van der Waals surface area contributed by atoms with Crippen LogP contribution in [0.3, 0.4) is 0 Å². The molecule has 0 aliphatic heterocycles. The lowest BCUT2D eigenvalue weighted by Gasteiger charge is -2.17. The fourth-order valence-corrected chi connectivity index (χ4v) is 5.59. The van der Waals surface area contributed by atoms with Crippen molar-refractivity contribution >= 4 is 31.2 Å². The maximum absolute atomic E-state index is 13.0. The van der Waals surface area contributed by atoms with Gasteiger partial charge in [-0.3, -0.25) is 0 Å². The number of rotatable bonds is 8. The van der Waals surface area contributed by atoms with Gasteiger partial charge in [-0.1, -0.05) is 6.07 Å². The van der Waals surface area contributed by atoms with E-state index in [1.165, 1.54) is 37.5 Å². The summed E-state index contributed by atoms with van der Waals surface area (Å²) in [5.74, 6) is 0.445. The van der Waals surface area contributed by atoms with Crippen molar-refractivity contribution in [2.24, 2.45) is 0 Å². The largest absolute Gasteiger partial charge is 0.497 e. The Morgan fingerprint density at radius 2 is 1.79 bits per heavy atom. The quantitative estimate of drug-likeness (QED) is 0.748. The van der Waals surface area contributed by atoms with E-state index in [1.807, 2.05) is 0 Å². The summed E-state index contributed by atoms with van der Waals surface area (Å²) in [6.07, 6.45) is 0. The van der Waals surface area contributed by atoms with E-state index in [2.05, 4.69) is 4.72 Å². The van der Waals surface area contributed by atoms with Crippen LogP contribution in [0, 0.1) is 0 Å². The number of thiophene rings is 1. The Morgan fingerprint density at radius 1 is 1.12 bits per heavy atom. The number of nitrogens with one attached hydrogen (secondary N) is 1. The van der Waals surface area contributed by atoms with Gasteiger partial charge >= 0.3 is 0 Å². The highest BCUT2D eigenvalue weighted by Crippen LogP contribution is 2.32. The third-order valence-corrected chi connectivity index (χ3v) is 8.09. The van der Waals surface area contributed by atoms with Crippen molar-refractivity contribution in [3.05, 3.63) is 46.7 Å². The summed E-state index contributed by atoms with van der Waals surface area (Å²) in [7, 11) is -5.74. The van der Waals surface area contributed by atoms with Crippen LogP contribution in [-0.4, -0.2) is 36.2 Å². The van der Waals surface area contributed by atoms with Gasteiger partial charge in [-0.05, 0) is 42.6 Å². The normalized spacial score (nSPS) is 13.6. The summed E-state index contributed by atoms with van der Waals surface area (Å²) < 4.78 is 56.7. The summed E-state index contributed by atoms with van der Waals surface area (Å²) in [5.41, 5.74) is 0. The standard InChI is InChI=1S/C15H19NO5S3/c1-3-23(17,18)16-11-15(14-5-4-10-22-14)24(19,20)13-8-6-12(21-2)7-9-13/h4-10,15-16H,3,11H2,1-2H3. The Kier molecular flexibility index (Phi) is 6.02. The number of ether oxygens (including phenoxy) is 1. The highest BCUT2D eigenvalue weighted by molar-refractivity contribution is 7.92. The number of sulfone groups is 1. The molecule has 24 heavy (non-hydrogen) atoms. The molecule has 0 radical (unpaired) electrons. The SMILES string of the molecule is CCS(=O)(=O)NCC(c1cccs1)S(=O)(=O)c1ccc(OC)cc1. The van der Waals surface area contributed by atoms with E-state index in [-0.39, 0.29) is 17.2 Å². The molecule has 132 valence electrons. The van der Waals surface area contributed by atoms with E-state index in [9.17, 15) is 16.8 Å². The topological polar surface area (TPSA) is 89.5 Å². The van der Waals surface area contributed by atoms with Gasteiger partial charge in [0.15, 0.2) is 9.84 Å². The highest BCUT2D eigenvalue weighted by Gasteiger charge is 2.31. The molecule has 1 heterocycles. The maximum atomic E-state index is 13.0. The molecule has 1 aromatic heterocycles. The molecular weight excluding hydrogens is 370 g/mol.